The van der Waals surface area contributed by atoms with Gasteiger partial charge < -0.3 is 9.94 Å². The van der Waals surface area contributed by atoms with E-state index in [1.54, 1.807) is 18.2 Å². The topological polar surface area (TPSA) is 66.8 Å². The second kappa shape index (κ2) is 6.48. The minimum atomic E-state index is -0.661. The van der Waals surface area contributed by atoms with Gasteiger partial charge in [0.25, 0.3) is 5.91 Å². The Morgan fingerprint density at radius 3 is 2.69 bits per heavy atom. The lowest BCUT2D eigenvalue weighted by molar-refractivity contribution is -0.150. The Labute approximate surface area is 152 Å². The van der Waals surface area contributed by atoms with Crippen LogP contribution >= 0.6 is 0 Å². The van der Waals surface area contributed by atoms with Gasteiger partial charge in [0.05, 0.1) is 11.6 Å². The van der Waals surface area contributed by atoms with Crippen LogP contribution < -0.4 is 5.06 Å². The van der Waals surface area contributed by atoms with Crippen LogP contribution in [0.5, 0.6) is 5.75 Å². The Kier molecular flexibility index (Phi) is 4.15. The quantitative estimate of drug-likeness (QED) is 0.914. The van der Waals surface area contributed by atoms with Gasteiger partial charge in [0.2, 0.25) is 0 Å². The maximum Gasteiger partial charge on any atom is 0.333 e. The van der Waals surface area contributed by atoms with E-state index in [0.29, 0.717) is 17.7 Å². The molecule has 5 heteroatoms. The molecular formula is C21H21NO4. The van der Waals surface area contributed by atoms with E-state index in [2.05, 4.69) is 0 Å². The highest BCUT2D eigenvalue weighted by molar-refractivity contribution is 6.06. The molecule has 0 fully saturated rings. The molecular weight excluding hydrogens is 330 g/mol. The fourth-order valence-electron chi connectivity index (χ4n) is 3.89. The molecule has 1 N–H and O–H groups in total. The number of anilines is 1. The van der Waals surface area contributed by atoms with E-state index >= 15 is 0 Å². The number of phenols is 1. The molecule has 4 rings (SSSR count). The minimum absolute atomic E-state index is 0.125. The largest absolute Gasteiger partial charge is 0.508 e. The first-order chi connectivity index (χ1) is 12.6. The summed E-state index contributed by atoms with van der Waals surface area (Å²) in [6.45, 7) is 1.88. The van der Waals surface area contributed by atoms with Crippen LogP contribution in [-0.4, -0.2) is 17.0 Å². The lowest BCUT2D eigenvalue weighted by Gasteiger charge is -2.17. The second-order valence-electron chi connectivity index (χ2n) is 6.87. The van der Waals surface area contributed by atoms with Gasteiger partial charge in [-0.05, 0) is 54.5 Å². The Morgan fingerprint density at radius 1 is 1.19 bits per heavy atom. The van der Waals surface area contributed by atoms with Gasteiger partial charge in [-0.25, -0.2) is 4.79 Å². The second-order valence-corrected chi connectivity index (χ2v) is 6.87. The highest BCUT2D eigenvalue weighted by atomic mass is 16.7. The summed E-state index contributed by atoms with van der Waals surface area (Å²) < 4.78 is 0. The van der Waals surface area contributed by atoms with Crippen molar-refractivity contribution < 1.29 is 19.5 Å². The number of rotatable bonds is 4. The fourth-order valence-corrected chi connectivity index (χ4v) is 3.89. The van der Waals surface area contributed by atoms with E-state index in [9.17, 15) is 14.7 Å². The van der Waals surface area contributed by atoms with E-state index in [1.807, 2.05) is 25.1 Å². The Morgan fingerprint density at radius 2 is 1.92 bits per heavy atom. The molecule has 1 amide bonds. The van der Waals surface area contributed by atoms with Crippen LogP contribution in [0.3, 0.4) is 0 Å². The van der Waals surface area contributed by atoms with Crippen LogP contribution in [0.1, 0.15) is 54.4 Å². The highest BCUT2D eigenvalue weighted by Gasteiger charge is 2.42. The van der Waals surface area contributed by atoms with Crippen molar-refractivity contribution in [3.63, 3.8) is 0 Å². The third-order valence-corrected chi connectivity index (χ3v) is 5.11. The summed E-state index contributed by atoms with van der Waals surface area (Å²) in [5.41, 5.74) is 4.22. The summed E-state index contributed by atoms with van der Waals surface area (Å²) in [5, 5.41) is 11.6. The van der Waals surface area contributed by atoms with Crippen LogP contribution in [0.4, 0.5) is 5.69 Å². The summed E-state index contributed by atoms with van der Waals surface area (Å²) >= 11 is 0. The first-order valence-electron chi connectivity index (χ1n) is 9.08. The third-order valence-electron chi connectivity index (χ3n) is 5.11. The predicted octanol–water partition coefficient (Wildman–Crippen LogP) is 3.62. The van der Waals surface area contributed by atoms with Gasteiger partial charge in [0.15, 0.2) is 0 Å². The molecule has 0 aromatic heterocycles. The SMILES string of the molecule is CCCC(=O)ON1C(=O)C(c2cc3c(cc2O)CCC3)c2ccccc21. The number of amides is 1. The number of carbonyl (C=O) groups is 2. The van der Waals surface area contributed by atoms with Crippen molar-refractivity contribution in [3.05, 3.63) is 58.7 Å². The third kappa shape index (κ3) is 2.64. The highest BCUT2D eigenvalue weighted by Crippen LogP contribution is 2.45. The Hall–Kier alpha value is -2.82. The lowest BCUT2D eigenvalue weighted by Crippen LogP contribution is -2.32. The maximum atomic E-state index is 13.1. The number of carbonyl (C=O) groups excluding carboxylic acids is 2. The molecule has 0 saturated carbocycles. The fraction of sp³-hybridized carbons (Fsp3) is 0.333. The molecule has 0 spiro atoms. The lowest BCUT2D eigenvalue weighted by atomic mass is 9.90. The van der Waals surface area contributed by atoms with E-state index in [4.69, 9.17) is 4.84 Å². The molecule has 2 aromatic rings. The molecule has 2 aliphatic rings. The Bertz CT molecular complexity index is 890. The van der Waals surface area contributed by atoms with Crippen molar-refractivity contribution in [1.29, 1.82) is 0 Å². The number of nitrogens with zero attached hydrogens (tertiary/aromatic N) is 1. The minimum Gasteiger partial charge on any atom is -0.508 e. The molecule has 5 nitrogen and oxygen atoms in total. The van der Waals surface area contributed by atoms with Crippen LogP contribution in [-0.2, 0) is 27.3 Å². The zero-order valence-corrected chi connectivity index (χ0v) is 14.7. The first kappa shape index (κ1) is 16.6. The van der Waals surface area contributed by atoms with Crippen molar-refractivity contribution in [2.75, 3.05) is 5.06 Å². The number of para-hydroxylation sites is 1. The number of aryl methyl sites for hydroxylation is 2. The van der Waals surface area contributed by atoms with E-state index in [1.165, 1.54) is 5.56 Å². The summed E-state index contributed by atoms with van der Waals surface area (Å²) in [6, 6.07) is 11.0. The number of hydroxylamine groups is 1. The van der Waals surface area contributed by atoms with Gasteiger partial charge in [-0.3, -0.25) is 4.79 Å². The van der Waals surface area contributed by atoms with Gasteiger partial charge in [-0.15, -0.1) is 5.06 Å². The number of fused-ring (bicyclic) bond motifs is 2. The molecule has 1 atom stereocenters. The number of aromatic hydroxyl groups is 1. The number of hydrogen-bond acceptors (Lipinski definition) is 4. The molecule has 1 unspecified atom stereocenters. The summed E-state index contributed by atoms with van der Waals surface area (Å²) in [7, 11) is 0. The average Bonchev–Trinajstić information content (AvgIpc) is 3.17. The predicted molar refractivity (Wildman–Crippen MR) is 96.9 cm³/mol. The molecule has 1 aliphatic carbocycles. The molecule has 2 aromatic carbocycles. The van der Waals surface area contributed by atoms with Crippen molar-refractivity contribution in [3.8, 4) is 5.75 Å². The number of benzene rings is 2. The van der Waals surface area contributed by atoms with Crippen LogP contribution in [0.2, 0.25) is 0 Å². The normalized spacial score (nSPS) is 18.0. The molecule has 134 valence electrons. The molecule has 26 heavy (non-hydrogen) atoms. The molecule has 0 radical (unpaired) electrons. The van der Waals surface area contributed by atoms with Crippen LogP contribution in [0, 0.1) is 0 Å². The zero-order valence-electron chi connectivity index (χ0n) is 14.7. The molecule has 0 bridgehead atoms. The zero-order chi connectivity index (χ0) is 18.3. The summed E-state index contributed by atoms with van der Waals surface area (Å²) in [4.78, 5) is 30.4. The van der Waals surface area contributed by atoms with Crippen LogP contribution in [0.25, 0.3) is 0 Å². The Balaban J connectivity index is 1.76. The van der Waals surface area contributed by atoms with Gasteiger partial charge in [-0.1, -0.05) is 31.2 Å². The smallest absolute Gasteiger partial charge is 0.333 e. The van der Waals surface area contributed by atoms with Gasteiger partial charge >= 0.3 is 5.97 Å². The summed E-state index contributed by atoms with van der Waals surface area (Å²) in [5.74, 6) is -1.31. The van der Waals surface area contributed by atoms with Crippen LogP contribution in [0.15, 0.2) is 36.4 Å². The van der Waals surface area contributed by atoms with E-state index in [0.717, 1.165) is 35.5 Å². The van der Waals surface area contributed by atoms with E-state index in [-0.39, 0.29) is 18.1 Å². The maximum absolute atomic E-state index is 13.1. The number of phenolic OH excluding ortho intramolecular Hbond substituents is 1. The first-order valence-corrected chi connectivity index (χ1v) is 9.08. The molecule has 0 saturated heterocycles. The van der Waals surface area contributed by atoms with Gasteiger partial charge in [0.1, 0.15) is 5.75 Å². The van der Waals surface area contributed by atoms with Gasteiger partial charge in [0, 0.05) is 12.0 Å². The van der Waals surface area contributed by atoms with Crippen molar-refractivity contribution >= 4 is 17.6 Å². The summed E-state index contributed by atoms with van der Waals surface area (Å²) in [6.07, 6.45) is 3.88. The van der Waals surface area contributed by atoms with Crippen molar-refractivity contribution in [2.45, 2.75) is 44.9 Å². The van der Waals surface area contributed by atoms with Crippen molar-refractivity contribution in [2.24, 2.45) is 0 Å². The molecule has 1 aliphatic heterocycles. The standard InChI is InChI=1S/C21H21NO4/c1-2-6-19(24)26-22-17-10-4-3-9-15(17)20(21(22)25)16-11-13-7-5-8-14(13)12-18(16)23/h3-4,9-12,20,23H,2,5-8H2,1H3. The number of hydrogen-bond donors (Lipinski definition) is 1. The monoisotopic (exact) mass is 351 g/mol. The van der Waals surface area contributed by atoms with Crippen molar-refractivity contribution in [1.82, 2.24) is 0 Å². The average molecular weight is 351 g/mol. The molecule has 1 heterocycles. The van der Waals surface area contributed by atoms with Gasteiger partial charge in [-0.2, -0.15) is 0 Å². The van der Waals surface area contributed by atoms with E-state index < -0.39 is 11.9 Å².